The van der Waals surface area contributed by atoms with Gasteiger partial charge in [0.25, 0.3) is 0 Å². The van der Waals surface area contributed by atoms with Crippen molar-refractivity contribution >= 4 is 5.82 Å². The van der Waals surface area contributed by atoms with Crippen LogP contribution in [0.2, 0.25) is 0 Å². The lowest BCUT2D eigenvalue weighted by molar-refractivity contribution is -0.137. The molecule has 0 aliphatic carbocycles. The summed E-state index contributed by atoms with van der Waals surface area (Å²) < 4.78 is 59.2. The van der Waals surface area contributed by atoms with Crippen LogP contribution >= 0.6 is 0 Å². The van der Waals surface area contributed by atoms with Gasteiger partial charge in [-0.15, -0.1) is 0 Å². The zero-order chi connectivity index (χ0) is 22.1. The highest BCUT2D eigenvalue weighted by Crippen LogP contribution is 2.38. The second-order valence-corrected chi connectivity index (χ2v) is 8.27. The molecule has 0 amide bonds. The number of halogens is 4. The number of rotatable bonds is 5. The summed E-state index contributed by atoms with van der Waals surface area (Å²) in [5, 5.41) is 10.6. The second kappa shape index (κ2) is 8.70. The first-order valence-electron chi connectivity index (χ1n) is 10.5. The monoisotopic (exact) mass is 439 g/mol. The molecule has 3 heterocycles. The molecule has 168 valence electrons. The SMILES string of the molecule is OC1(CCc2ncnc(N3CCCC3c3ccc(C(F)(F)F)cc3)c2F)CCOCC1. The van der Waals surface area contributed by atoms with Gasteiger partial charge >= 0.3 is 6.18 Å². The Morgan fingerprint density at radius 2 is 1.84 bits per heavy atom. The fraction of sp³-hybridized carbons (Fsp3) is 0.545. The van der Waals surface area contributed by atoms with E-state index in [-0.39, 0.29) is 24.0 Å². The summed E-state index contributed by atoms with van der Waals surface area (Å²) in [5.41, 5.74) is -0.654. The minimum Gasteiger partial charge on any atom is -0.390 e. The van der Waals surface area contributed by atoms with Crippen LogP contribution in [0.1, 0.15) is 55.0 Å². The van der Waals surface area contributed by atoms with E-state index in [4.69, 9.17) is 4.74 Å². The topological polar surface area (TPSA) is 58.5 Å². The number of aliphatic hydroxyl groups is 1. The summed E-state index contributed by atoms with van der Waals surface area (Å²) in [7, 11) is 0. The first-order chi connectivity index (χ1) is 14.8. The molecular weight excluding hydrogens is 414 g/mol. The quantitative estimate of drug-likeness (QED) is 0.698. The second-order valence-electron chi connectivity index (χ2n) is 8.27. The fourth-order valence-corrected chi connectivity index (χ4v) is 4.38. The third-order valence-electron chi connectivity index (χ3n) is 6.24. The number of nitrogens with zero attached hydrogens (tertiary/aromatic N) is 3. The average molecular weight is 439 g/mol. The lowest BCUT2D eigenvalue weighted by Gasteiger charge is -2.32. The smallest absolute Gasteiger partial charge is 0.390 e. The summed E-state index contributed by atoms with van der Waals surface area (Å²) in [6, 6.07) is 4.77. The minimum absolute atomic E-state index is 0.159. The van der Waals surface area contributed by atoms with E-state index in [2.05, 4.69) is 9.97 Å². The highest BCUT2D eigenvalue weighted by Gasteiger charge is 2.34. The molecular formula is C22H25F4N3O2. The van der Waals surface area contributed by atoms with E-state index in [1.165, 1.54) is 18.5 Å². The maximum atomic E-state index is 15.3. The molecule has 0 radical (unpaired) electrons. The highest BCUT2D eigenvalue weighted by molar-refractivity contribution is 5.46. The molecule has 1 aromatic carbocycles. The maximum Gasteiger partial charge on any atom is 0.416 e. The number of benzene rings is 1. The van der Waals surface area contributed by atoms with Crippen molar-refractivity contribution in [1.82, 2.24) is 9.97 Å². The van der Waals surface area contributed by atoms with Gasteiger partial charge in [-0.05, 0) is 56.2 Å². The molecule has 0 bridgehead atoms. The number of hydrogen-bond acceptors (Lipinski definition) is 5. The molecule has 31 heavy (non-hydrogen) atoms. The van der Waals surface area contributed by atoms with Gasteiger partial charge in [-0.3, -0.25) is 0 Å². The van der Waals surface area contributed by atoms with Gasteiger partial charge in [0.05, 0.1) is 22.9 Å². The Morgan fingerprint density at radius 1 is 1.13 bits per heavy atom. The number of alkyl halides is 3. The predicted octanol–water partition coefficient (Wildman–Crippen LogP) is 4.45. The van der Waals surface area contributed by atoms with Crippen molar-refractivity contribution in [1.29, 1.82) is 0 Å². The van der Waals surface area contributed by atoms with Gasteiger partial charge in [0.1, 0.15) is 6.33 Å². The van der Waals surface area contributed by atoms with Gasteiger partial charge in [0.15, 0.2) is 11.6 Å². The Bertz CT molecular complexity index is 899. The molecule has 0 spiro atoms. The van der Waals surface area contributed by atoms with Gasteiger partial charge < -0.3 is 14.7 Å². The van der Waals surface area contributed by atoms with Crippen LogP contribution in [-0.4, -0.2) is 40.4 Å². The molecule has 1 atom stereocenters. The largest absolute Gasteiger partial charge is 0.416 e. The average Bonchev–Trinajstić information content (AvgIpc) is 3.23. The maximum absolute atomic E-state index is 15.3. The number of anilines is 1. The molecule has 5 nitrogen and oxygen atoms in total. The summed E-state index contributed by atoms with van der Waals surface area (Å²) >= 11 is 0. The van der Waals surface area contributed by atoms with E-state index in [0.29, 0.717) is 51.0 Å². The third kappa shape index (κ3) is 4.82. The summed E-state index contributed by atoms with van der Waals surface area (Å²) in [4.78, 5) is 10.0. The van der Waals surface area contributed by atoms with Gasteiger partial charge in [0, 0.05) is 19.8 Å². The lowest BCUT2D eigenvalue weighted by atomic mass is 9.89. The molecule has 2 aliphatic rings. The molecule has 4 rings (SSSR count). The van der Waals surface area contributed by atoms with Crippen LogP contribution in [0.5, 0.6) is 0 Å². The molecule has 2 aliphatic heterocycles. The van der Waals surface area contributed by atoms with Crippen LogP contribution in [0, 0.1) is 5.82 Å². The van der Waals surface area contributed by atoms with E-state index >= 15 is 4.39 Å². The molecule has 2 saturated heterocycles. The van der Waals surface area contributed by atoms with Gasteiger partial charge in [-0.2, -0.15) is 13.2 Å². The van der Waals surface area contributed by atoms with Crippen LogP contribution in [0.25, 0.3) is 0 Å². The minimum atomic E-state index is -4.39. The predicted molar refractivity (Wildman–Crippen MR) is 106 cm³/mol. The standard InChI is InChI=1S/C22H25F4N3O2/c23-19-17(7-8-21(30)9-12-31-13-10-21)27-14-28-20(19)29-11-1-2-18(29)15-3-5-16(6-4-15)22(24,25)26/h3-6,14,18,30H,1-2,7-13H2. The lowest BCUT2D eigenvalue weighted by Crippen LogP contribution is -2.36. The number of aryl methyl sites for hydroxylation is 1. The highest BCUT2D eigenvalue weighted by atomic mass is 19.4. The van der Waals surface area contributed by atoms with Crippen LogP contribution in [0.3, 0.4) is 0 Å². The fourth-order valence-electron chi connectivity index (χ4n) is 4.38. The number of ether oxygens (including phenoxy) is 1. The Labute approximate surface area is 178 Å². The van der Waals surface area contributed by atoms with Crippen molar-refractivity contribution in [2.75, 3.05) is 24.7 Å². The first kappa shape index (κ1) is 22.0. The van der Waals surface area contributed by atoms with E-state index in [1.807, 2.05) is 0 Å². The normalized spacial score (nSPS) is 21.5. The first-order valence-corrected chi connectivity index (χ1v) is 10.5. The molecule has 1 aromatic heterocycles. The summed E-state index contributed by atoms with van der Waals surface area (Å²) in [6.07, 6.45) is 0.0696. The van der Waals surface area contributed by atoms with E-state index in [9.17, 15) is 18.3 Å². The van der Waals surface area contributed by atoms with E-state index in [1.54, 1.807) is 4.90 Å². The van der Waals surface area contributed by atoms with Gasteiger partial charge in [-0.25, -0.2) is 14.4 Å². The van der Waals surface area contributed by atoms with Crippen molar-refractivity contribution in [3.8, 4) is 0 Å². The van der Waals surface area contributed by atoms with Crippen LogP contribution in [0.15, 0.2) is 30.6 Å². The Kier molecular flexibility index (Phi) is 6.16. The van der Waals surface area contributed by atoms with Crippen LogP contribution in [-0.2, 0) is 17.3 Å². The third-order valence-corrected chi connectivity index (χ3v) is 6.24. The molecule has 0 saturated carbocycles. The zero-order valence-electron chi connectivity index (χ0n) is 17.0. The molecule has 9 heteroatoms. The molecule has 1 N–H and O–H groups in total. The van der Waals surface area contributed by atoms with Crippen LogP contribution < -0.4 is 4.90 Å². The van der Waals surface area contributed by atoms with Crippen molar-refractivity contribution in [2.45, 2.75) is 56.3 Å². The van der Waals surface area contributed by atoms with Crippen molar-refractivity contribution in [3.63, 3.8) is 0 Å². The summed E-state index contributed by atoms with van der Waals surface area (Å²) in [5.74, 6) is -0.372. The Balaban J connectivity index is 1.52. The Hall–Kier alpha value is -2.26. The van der Waals surface area contributed by atoms with E-state index in [0.717, 1.165) is 18.6 Å². The number of aromatic nitrogens is 2. The van der Waals surface area contributed by atoms with Crippen molar-refractivity contribution in [3.05, 3.63) is 53.2 Å². The molecule has 1 unspecified atom stereocenters. The van der Waals surface area contributed by atoms with Gasteiger partial charge in [-0.1, -0.05) is 12.1 Å². The van der Waals surface area contributed by atoms with Gasteiger partial charge in [0.2, 0.25) is 0 Å². The van der Waals surface area contributed by atoms with Crippen molar-refractivity contribution < 1.29 is 27.4 Å². The van der Waals surface area contributed by atoms with Crippen molar-refractivity contribution in [2.24, 2.45) is 0 Å². The van der Waals surface area contributed by atoms with Crippen LogP contribution in [0.4, 0.5) is 23.4 Å². The zero-order valence-corrected chi connectivity index (χ0v) is 17.0. The number of hydrogen-bond donors (Lipinski definition) is 1. The molecule has 2 fully saturated rings. The molecule has 2 aromatic rings. The van der Waals surface area contributed by atoms with E-state index < -0.39 is 23.2 Å². The Morgan fingerprint density at radius 3 is 2.52 bits per heavy atom. The summed E-state index contributed by atoms with van der Waals surface area (Å²) in [6.45, 7) is 1.52.